The molecule has 5 nitrogen and oxygen atoms in total. The zero-order chi connectivity index (χ0) is 23.2. The quantitative estimate of drug-likeness (QED) is 0.534. The molecule has 1 fully saturated rings. The molecule has 3 aromatic rings. The molecule has 0 amide bonds. The van der Waals surface area contributed by atoms with Crippen molar-refractivity contribution in [1.82, 2.24) is 10.3 Å². The van der Waals surface area contributed by atoms with Crippen LogP contribution in [0, 0.1) is 11.6 Å². The molecule has 1 aromatic heterocycles. The highest BCUT2D eigenvalue weighted by molar-refractivity contribution is 5.87. The molecule has 2 heterocycles. The van der Waals surface area contributed by atoms with Crippen molar-refractivity contribution < 1.29 is 18.3 Å². The van der Waals surface area contributed by atoms with E-state index >= 15 is 0 Å². The van der Waals surface area contributed by atoms with Crippen LogP contribution in [0.3, 0.4) is 0 Å². The summed E-state index contributed by atoms with van der Waals surface area (Å²) in [5, 5.41) is 4.43. The van der Waals surface area contributed by atoms with Gasteiger partial charge in [0.1, 0.15) is 22.9 Å². The van der Waals surface area contributed by atoms with Crippen LogP contribution < -0.4 is 15.8 Å². The number of methoxy groups -OCH3 is 1. The van der Waals surface area contributed by atoms with Gasteiger partial charge in [-0.25, -0.2) is 8.78 Å². The van der Waals surface area contributed by atoms with Crippen LogP contribution in [-0.2, 0) is 11.2 Å². The predicted molar refractivity (Wildman–Crippen MR) is 126 cm³/mol. The van der Waals surface area contributed by atoms with Gasteiger partial charge in [0.05, 0.1) is 19.8 Å². The van der Waals surface area contributed by atoms with Crippen molar-refractivity contribution in [3.63, 3.8) is 0 Å². The number of halogens is 2. The first-order chi connectivity index (χ1) is 16.0. The standard InChI is InChI=1S/C26H29F2N3O2/c1-32-25-6-2-5-21-17(11-13-31-26(21)25)15-23(29)24-10-8-20(16-33-24)30-12-3-4-18-14-19(27)7-9-22(18)28/h2-7,9,11,13-14,20,23-24,30H,8,10,12,15-16,29H2,1H3/b4-3+/t20-,23+,24+/m1/s1. The summed E-state index contributed by atoms with van der Waals surface area (Å²) in [6.07, 6.45) is 7.63. The number of pyridine rings is 1. The molecule has 0 bridgehead atoms. The van der Waals surface area contributed by atoms with E-state index < -0.39 is 11.6 Å². The van der Waals surface area contributed by atoms with E-state index in [1.165, 1.54) is 6.07 Å². The van der Waals surface area contributed by atoms with Crippen molar-refractivity contribution in [2.75, 3.05) is 20.3 Å². The summed E-state index contributed by atoms with van der Waals surface area (Å²) in [5.74, 6) is -0.142. The molecule has 0 saturated carbocycles. The maximum absolute atomic E-state index is 13.7. The van der Waals surface area contributed by atoms with Crippen molar-refractivity contribution in [2.24, 2.45) is 5.73 Å². The van der Waals surface area contributed by atoms with Crippen LogP contribution in [0.25, 0.3) is 17.0 Å². The van der Waals surface area contributed by atoms with Crippen molar-refractivity contribution in [2.45, 2.75) is 37.5 Å². The van der Waals surface area contributed by atoms with Crippen LogP contribution in [0.2, 0.25) is 0 Å². The minimum absolute atomic E-state index is 0.0196. The lowest BCUT2D eigenvalue weighted by molar-refractivity contribution is -0.0156. The number of nitrogens with two attached hydrogens (primary N) is 1. The van der Waals surface area contributed by atoms with E-state index in [1.54, 1.807) is 25.5 Å². The third-order valence-electron chi connectivity index (χ3n) is 6.07. The highest BCUT2D eigenvalue weighted by atomic mass is 19.1. The smallest absolute Gasteiger partial charge is 0.145 e. The van der Waals surface area contributed by atoms with E-state index in [9.17, 15) is 8.78 Å². The summed E-state index contributed by atoms with van der Waals surface area (Å²) in [7, 11) is 1.64. The zero-order valence-corrected chi connectivity index (χ0v) is 18.6. The molecule has 7 heteroatoms. The Labute approximate surface area is 192 Å². The molecule has 0 spiro atoms. The first-order valence-electron chi connectivity index (χ1n) is 11.2. The molecular weight excluding hydrogens is 424 g/mol. The lowest BCUT2D eigenvalue weighted by Gasteiger charge is -2.33. The van der Waals surface area contributed by atoms with Gasteiger partial charge in [-0.15, -0.1) is 0 Å². The number of nitrogens with zero attached hydrogens (tertiary/aromatic N) is 1. The summed E-state index contributed by atoms with van der Waals surface area (Å²) in [6.45, 7) is 1.11. The molecule has 0 unspecified atom stereocenters. The van der Waals surface area contributed by atoms with Crippen LogP contribution in [0.15, 0.2) is 54.7 Å². The van der Waals surface area contributed by atoms with Gasteiger partial charge in [-0.1, -0.05) is 24.3 Å². The topological polar surface area (TPSA) is 69.4 Å². The summed E-state index contributed by atoms with van der Waals surface area (Å²) >= 11 is 0. The summed E-state index contributed by atoms with van der Waals surface area (Å²) in [5.41, 5.74) is 8.73. The molecular formula is C26H29F2N3O2. The van der Waals surface area contributed by atoms with Gasteiger partial charge in [0.15, 0.2) is 0 Å². The lowest BCUT2D eigenvalue weighted by Crippen LogP contribution is -2.47. The number of para-hydroxylation sites is 1. The van der Waals surface area contributed by atoms with E-state index in [1.807, 2.05) is 24.3 Å². The molecule has 0 aliphatic carbocycles. The lowest BCUT2D eigenvalue weighted by atomic mass is 9.94. The van der Waals surface area contributed by atoms with Crippen molar-refractivity contribution in [3.05, 3.63) is 77.5 Å². The van der Waals surface area contributed by atoms with Crippen LogP contribution in [0.4, 0.5) is 8.78 Å². The minimum Gasteiger partial charge on any atom is -0.494 e. The number of hydrogen-bond donors (Lipinski definition) is 2. The normalized spacial score (nSPS) is 19.8. The number of aromatic nitrogens is 1. The molecule has 1 saturated heterocycles. The minimum atomic E-state index is -0.453. The van der Waals surface area contributed by atoms with Gasteiger partial charge in [0, 0.05) is 35.8 Å². The first-order valence-corrected chi connectivity index (χ1v) is 11.2. The second-order valence-electron chi connectivity index (χ2n) is 8.32. The Balaban J connectivity index is 1.27. The monoisotopic (exact) mass is 453 g/mol. The average Bonchev–Trinajstić information content (AvgIpc) is 2.84. The average molecular weight is 454 g/mol. The van der Waals surface area contributed by atoms with E-state index in [-0.39, 0.29) is 23.8 Å². The fourth-order valence-electron chi connectivity index (χ4n) is 4.27. The largest absolute Gasteiger partial charge is 0.494 e. The molecule has 1 aliphatic heterocycles. The molecule has 1 aliphatic rings. The van der Waals surface area contributed by atoms with Crippen LogP contribution in [0.1, 0.15) is 24.0 Å². The van der Waals surface area contributed by atoms with Gasteiger partial charge < -0.3 is 20.5 Å². The zero-order valence-electron chi connectivity index (χ0n) is 18.6. The number of hydrogen-bond acceptors (Lipinski definition) is 5. The molecule has 3 atom stereocenters. The van der Waals surface area contributed by atoms with Gasteiger partial charge in [0.2, 0.25) is 0 Å². The highest BCUT2D eigenvalue weighted by Gasteiger charge is 2.26. The van der Waals surface area contributed by atoms with Gasteiger partial charge >= 0.3 is 0 Å². The Kier molecular flexibility index (Phi) is 7.65. The Bertz CT molecular complexity index is 1110. The number of ether oxygens (including phenoxy) is 2. The van der Waals surface area contributed by atoms with Gasteiger partial charge in [0.25, 0.3) is 0 Å². The number of rotatable bonds is 8. The number of benzene rings is 2. The Morgan fingerprint density at radius 2 is 2.12 bits per heavy atom. The highest BCUT2D eigenvalue weighted by Crippen LogP contribution is 2.27. The maximum Gasteiger partial charge on any atom is 0.145 e. The number of fused-ring (bicyclic) bond motifs is 1. The Morgan fingerprint density at radius 1 is 1.24 bits per heavy atom. The third-order valence-corrected chi connectivity index (χ3v) is 6.07. The second kappa shape index (κ2) is 10.8. The van der Waals surface area contributed by atoms with E-state index in [2.05, 4.69) is 10.3 Å². The van der Waals surface area contributed by atoms with Crippen molar-refractivity contribution >= 4 is 17.0 Å². The van der Waals surface area contributed by atoms with Gasteiger partial charge in [-0.3, -0.25) is 4.98 Å². The molecule has 33 heavy (non-hydrogen) atoms. The van der Waals surface area contributed by atoms with E-state index in [4.69, 9.17) is 15.2 Å². The fourth-order valence-corrected chi connectivity index (χ4v) is 4.27. The van der Waals surface area contributed by atoms with Crippen LogP contribution >= 0.6 is 0 Å². The fraction of sp³-hybridized carbons (Fsp3) is 0.346. The summed E-state index contributed by atoms with van der Waals surface area (Å²) in [4.78, 5) is 4.46. The van der Waals surface area contributed by atoms with Crippen LogP contribution in [0.5, 0.6) is 5.75 Å². The predicted octanol–water partition coefficient (Wildman–Crippen LogP) is 4.24. The molecule has 2 aromatic carbocycles. The van der Waals surface area contributed by atoms with Crippen molar-refractivity contribution in [1.29, 1.82) is 0 Å². The Morgan fingerprint density at radius 3 is 2.91 bits per heavy atom. The molecule has 0 radical (unpaired) electrons. The second-order valence-corrected chi connectivity index (χ2v) is 8.32. The summed E-state index contributed by atoms with van der Waals surface area (Å²) in [6, 6.07) is 11.4. The van der Waals surface area contributed by atoms with Gasteiger partial charge in [-0.2, -0.15) is 0 Å². The SMILES string of the molecule is COc1cccc2c(C[C@H](N)[C@@H]3CC[C@@H](NC/C=C/c4cc(F)ccc4F)CO3)ccnc12. The maximum atomic E-state index is 13.7. The molecule has 3 N–H and O–H groups in total. The number of nitrogens with one attached hydrogen (secondary N) is 1. The molecule has 174 valence electrons. The van der Waals surface area contributed by atoms with Crippen molar-refractivity contribution in [3.8, 4) is 5.75 Å². The third kappa shape index (κ3) is 5.74. The van der Waals surface area contributed by atoms with E-state index in [0.717, 1.165) is 47.2 Å². The van der Waals surface area contributed by atoms with Crippen LogP contribution in [-0.4, -0.2) is 43.4 Å². The first kappa shape index (κ1) is 23.3. The summed E-state index contributed by atoms with van der Waals surface area (Å²) < 4.78 is 38.4. The van der Waals surface area contributed by atoms with Gasteiger partial charge in [-0.05, 0) is 55.2 Å². The Hall–Kier alpha value is -2.87. The molecule has 4 rings (SSSR count). The van der Waals surface area contributed by atoms with E-state index in [0.29, 0.717) is 19.6 Å².